The average Bonchev–Trinajstić information content (AvgIpc) is 3.94. The summed E-state index contributed by atoms with van der Waals surface area (Å²) in [6.45, 7) is 13.6. The van der Waals surface area contributed by atoms with Crippen LogP contribution < -0.4 is 21.3 Å². The zero-order chi connectivity index (χ0) is 40.6. The fraction of sp³-hybridized carbons (Fsp3) is 0.605. The standard InChI is InChI=1S/C29H43N7O6.C9H10.2C2H6.CH4/c1-3-9-20(25(38)29(42)32-13-4-2)34-27(40)22-12-8-16-36(22)23(37)18-33-28(41)24(19-10-6-5-7-11-19)35-26(39)21-17-30-14-15-31-21;1-2-5-9-7-3-6-8(9)4-1;2*1-2;/h4,14-15,17,19-20,22,24-25,38H,2-3,5-13,16,18H2,1H3,(H,32,42)(H,33,41)(H,34,40)(H,35,39);1-2,4-5H,3,6-7H2;2*1-2H3;1H4. The average molecular weight is 780 g/mol. The predicted octanol–water partition coefficient (Wildman–Crippen LogP) is 5.07. The highest BCUT2D eigenvalue weighted by Gasteiger charge is 2.37. The first kappa shape index (κ1) is 49.4. The molecule has 1 aromatic carbocycles. The van der Waals surface area contributed by atoms with Crippen LogP contribution in [0.15, 0.2) is 55.5 Å². The molecule has 1 aromatic heterocycles. The van der Waals surface area contributed by atoms with Crippen LogP contribution in [0.4, 0.5) is 0 Å². The molecule has 5 rings (SSSR count). The number of fused-ring (bicyclic) bond motifs is 1. The van der Waals surface area contributed by atoms with Gasteiger partial charge in [0.05, 0.1) is 18.8 Å². The molecule has 1 saturated heterocycles. The SMILES string of the molecule is C.C=CCNC(=O)C(O)C(CCC)NC(=O)C1CCCN1C(=O)CNC(=O)C(NC(=O)c1cnccn1)C1CCCCC1.CC.CC.c1ccc2c(c1)CCC2. The molecule has 13 heteroatoms. The van der Waals surface area contributed by atoms with Crippen molar-refractivity contribution in [3.8, 4) is 0 Å². The van der Waals surface area contributed by atoms with E-state index in [1.165, 1.54) is 48.8 Å². The Morgan fingerprint density at radius 3 is 2.14 bits per heavy atom. The molecule has 4 unspecified atom stereocenters. The number of aryl methyl sites for hydroxylation is 2. The quantitative estimate of drug-likeness (QED) is 0.165. The molecule has 0 radical (unpaired) electrons. The van der Waals surface area contributed by atoms with Crippen LogP contribution in [0, 0.1) is 5.92 Å². The molecule has 312 valence electrons. The van der Waals surface area contributed by atoms with Gasteiger partial charge in [0.15, 0.2) is 6.10 Å². The van der Waals surface area contributed by atoms with E-state index >= 15 is 0 Å². The number of amides is 5. The number of likely N-dealkylation sites (tertiary alicyclic amines) is 1. The van der Waals surface area contributed by atoms with Gasteiger partial charge in [0, 0.05) is 25.5 Å². The summed E-state index contributed by atoms with van der Waals surface area (Å²) in [5, 5.41) is 21.2. The lowest BCUT2D eigenvalue weighted by atomic mass is 9.83. The molecule has 2 aliphatic carbocycles. The van der Waals surface area contributed by atoms with Gasteiger partial charge in [-0.2, -0.15) is 0 Å². The number of aliphatic hydroxyl groups is 1. The maximum Gasteiger partial charge on any atom is 0.272 e. The Labute approximate surface area is 335 Å². The number of nitrogens with one attached hydrogen (secondary N) is 4. The van der Waals surface area contributed by atoms with Crippen molar-refractivity contribution in [1.82, 2.24) is 36.1 Å². The monoisotopic (exact) mass is 780 g/mol. The van der Waals surface area contributed by atoms with Gasteiger partial charge in [-0.1, -0.05) is 98.1 Å². The molecule has 0 bridgehead atoms. The Balaban J connectivity index is 0.000000950. The molecular weight excluding hydrogens is 711 g/mol. The smallest absolute Gasteiger partial charge is 0.272 e. The summed E-state index contributed by atoms with van der Waals surface area (Å²) in [7, 11) is 0. The van der Waals surface area contributed by atoms with Crippen molar-refractivity contribution in [2.45, 2.75) is 143 Å². The summed E-state index contributed by atoms with van der Waals surface area (Å²) < 4.78 is 0. The molecule has 4 atom stereocenters. The highest BCUT2D eigenvalue weighted by Crippen LogP contribution is 2.27. The molecule has 5 amide bonds. The summed E-state index contributed by atoms with van der Waals surface area (Å²) in [5.41, 5.74) is 3.23. The molecule has 1 aliphatic heterocycles. The van der Waals surface area contributed by atoms with Crippen molar-refractivity contribution < 1.29 is 29.1 Å². The van der Waals surface area contributed by atoms with Gasteiger partial charge in [-0.15, -0.1) is 6.58 Å². The topological polar surface area (TPSA) is 183 Å². The van der Waals surface area contributed by atoms with Crippen molar-refractivity contribution in [2.24, 2.45) is 5.92 Å². The molecule has 3 aliphatic rings. The first-order valence-electron chi connectivity index (χ1n) is 20.3. The normalized spacial score (nSPS) is 17.1. The molecule has 13 nitrogen and oxygen atoms in total. The lowest BCUT2D eigenvalue weighted by molar-refractivity contribution is -0.140. The largest absolute Gasteiger partial charge is 0.381 e. The van der Waals surface area contributed by atoms with E-state index in [2.05, 4.69) is 62.1 Å². The highest BCUT2D eigenvalue weighted by molar-refractivity contribution is 5.97. The zero-order valence-electron chi connectivity index (χ0n) is 33.6. The Morgan fingerprint density at radius 2 is 1.55 bits per heavy atom. The molecule has 1 saturated carbocycles. The van der Waals surface area contributed by atoms with Crippen LogP contribution in [0.3, 0.4) is 0 Å². The summed E-state index contributed by atoms with van der Waals surface area (Å²) in [6, 6.07) is 6.29. The number of rotatable bonds is 14. The van der Waals surface area contributed by atoms with Gasteiger partial charge in [0.25, 0.3) is 11.8 Å². The molecule has 0 spiro atoms. The van der Waals surface area contributed by atoms with Crippen molar-refractivity contribution in [3.05, 3.63) is 72.3 Å². The van der Waals surface area contributed by atoms with Gasteiger partial charge in [0.1, 0.15) is 17.8 Å². The van der Waals surface area contributed by atoms with Crippen molar-refractivity contribution in [1.29, 1.82) is 0 Å². The van der Waals surface area contributed by atoms with E-state index in [1.807, 2.05) is 34.6 Å². The minimum absolute atomic E-state index is 0. The lowest BCUT2D eigenvalue weighted by Gasteiger charge is -2.31. The number of aliphatic hydroxyl groups excluding tert-OH is 1. The Bertz CT molecular complexity index is 1460. The second kappa shape index (κ2) is 27.9. The maximum atomic E-state index is 13.3. The fourth-order valence-electron chi connectivity index (χ4n) is 7.08. The molecular formula is C43H69N7O6. The number of benzene rings is 1. The second-order valence-corrected chi connectivity index (χ2v) is 13.4. The minimum atomic E-state index is -1.45. The first-order chi connectivity index (χ1) is 26.7. The van der Waals surface area contributed by atoms with Gasteiger partial charge in [-0.25, -0.2) is 4.98 Å². The van der Waals surface area contributed by atoms with Crippen molar-refractivity contribution in [2.75, 3.05) is 19.6 Å². The summed E-state index contributed by atoms with van der Waals surface area (Å²) >= 11 is 0. The van der Waals surface area contributed by atoms with E-state index in [-0.39, 0.29) is 32.1 Å². The van der Waals surface area contributed by atoms with E-state index in [9.17, 15) is 29.1 Å². The molecule has 56 heavy (non-hydrogen) atoms. The van der Waals surface area contributed by atoms with E-state index in [4.69, 9.17) is 0 Å². The summed E-state index contributed by atoms with van der Waals surface area (Å²) in [5.74, 6) is -2.57. The minimum Gasteiger partial charge on any atom is -0.381 e. The second-order valence-electron chi connectivity index (χ2n) is 13.4. The van der Waals surface area contributed by atoms with Crippen LogP contribution in [0.5, 0.6) is 0 Å². The maximum absolute atomic E-state index is 13.3. The number of carbonyl (C=O) groups excluding carboxylic acids is 5. The van der Waals surface area contributed by atoms with Gasteiger partial charge in [0.2, 0.25) is 17.7 Å². The van der Waals surface area contributed by atoms with Crippen LogP contribution >= 0.6 is 0 Å². The number of nitrogens with zero attached hydrogens (tertiary/aromatic N) is 3. The van der Waals surface area contributed by atoms with Gasteiger partial charge in [-0.05, 0) is 68.4 Å². The van der Waals surface area contributed by atoms with E-state index < -0.39 is 53.8 Å². The van der Waals surface area contributed by atoms with Crippen LogP contribution in [0.2, 0.25) is 0 Å². The van der Waals surface area contributed by atoms with Crippen LogP contribution in [-0.4, -0.2) is 93.4 Å². The van der Waals surface area contributed by atoms with E-state index in [1.54, 1.807) is 11.1 Å². The molecule has 2 fully saturated rings. The Morgan fingerprint density at radius 1 is 0.893 bits per heavy atom. The van der Waals surface area contributed by atoms with Crippen molar-refractivity contribution >= 4 is 29.5 Å². The number of carbonyl (C=O) groups is 5. The van der Waals surface area contributed by atoms with E-state index in [0.717, 1.165) is 32.1 Å². The predicted molar refractivity (Wildman–Crippen MR) is 222 cm³/mol. The van der Waals surface area contributed by atoms with E-state index in [0.29, 0.717) is 32.2 Å². The van der Waals surface area contributed by atoms with Crippen LogP contribution in [0.1, 0.15) is 128 Å². The Kier molecular flexibility index (Phi) is 24.6. The van der Waals surface area contributed by atoms with Gasteiger partial charge in [-0.3, -0.25) is 29.0 Å². The summed E-state index contributed by atoms with van der Waals surface area (Å²) in [6.07, 6.45) is 14.7. The first-order valence-corrected chi connectivity index (χ1v) is 20.3. The number of hydrogen-bond acceptors (Lipinski definition) is 8. The highest BCUT2D eigenvalue weighted by atomic mass is 16.3. The van der Waals surface area contributed by atoms with Gasteiger partial charge >= 0.3 is 0 Å². The van der Waals surface area contributed by atoms with Crippen LogP contribution in [0.25, 0.3) is 0 Å². The zero-order valence-corrected chi connectivity index (χ0v) is 33.6. The number of hydrogen-bond donors (Lipinski definition) is 5. The molecule has 5 N–H and O–H groups in total. The number of aromatic nitrogens is 2. The fourth-order valence-corrected chi connectivity index (χ4v) is 7.08. The van der Waals surface area contributed by atoms with Crippen LogP contribution in [-0.2, 0) is 32.0 Å². The molecule has 2 heterocycles. The lowest BCUT2D eigenvalue weighted by Crippen LogP contribution is -2.56. The summed E-state index contributed by atoms with van der Waals surface area (Å²) in [4.78, 5) is 74.0. The Hall–Kier alpha value is -4.65. The molecule has 2 aromatic rings. The third kappa shape index (κ3) is 15.5. The van der Waals surface area contributed by atoms with Gasteiger partial charge < -0.3 is 31.3 Å². The third-order valence-electron chi connectivity index (χ3n) is 9.78. The van der Waals surface area contributed by atoms with Crippen molar-refractivity contribution in [3.63, 3.8) is 0 Å². The third-order valence-corrected chi connectivity index (χ3v) is 9.78.